The molecule has 1 atom stereocenters. The number of sulfone groups is 1. The average Bonchev–Trinajstić information content (AvgIpc) is 2.90. The molecule has 1 unspecified atom stereocenters. The van der Waals surface area contributed by atoms with Gasteiger partial charge in [0.05, 0.1) is 11.5 Å². The molecule has 8 heteroatoms. The molecule has 0 aliphatic carbocycles. The van der Waals surface area contributed by atoms with Crippen molar-refractivity contribution in [2.24, 2.45) is 13.0 Å². The van der Waals surface area contributed by atoms with E-state index in [9.17, 15) is 8.42 Å². The Kier molecular flexibility index (Phi) is 6.02. The summed E-state index contributed by atoms with van der Waals surface area (Å²) in [5.41, 5.74) is 0. The minimum absolute atomic E-state index is 0.201. The highest BCUT2D eigenvalue weighted by molar-refractivity contribution is 8.03. The molecule has 1 aliphatic heterocycles. The number of aromatic nitrogens is 3. The SMILES string of the molecule is CC(C)SCCSc1nnc(CC2CCS(=O)(=O)C2)n1C. The molecular weight excluding hydrogens is 326 g/mol. The van der Waals surface area contributed by atoms with Gasteiger partial charge in [-0.2, -0.15) is 11.8 Å². The second-order valence-corrected chi connectivity index (χ2v) is 10.7. The first-order chi connectivity index (χ1) is 9.87. The van der Waals surface area contributed by atoms with Crippen LogP contribution in [0, 0.1) is 5.92 Å². The van der Waals surface area contributed by atoms with Gasteiger partial charge in [-0.3, -0.25) is 0 Å². The topological polar surface area (TPSA) is 64.8 Å². The van der Waals surface area contributed by atoms with E-state index in [-0.39, 0.29) is 5.92 Å². The van der Waals surface area contributed by atoms with Gasteiger partial charge in [0, 0.05) is 25.0 Å². The zero-order valence-corrected chi connectivity index (χ0v) is 15.2. The zero-order valence-electron chi connectivity index (χ0n) is 12.8. The van der Waals surface area contributed by atoms with Crippen molar-refractivity contribution >= 4 is 33.4 Å². The molecule has 2 heterocycles. The molecule has 1 aromatic rings. The third kappa shape index (κ3) is 5.17. The number of rotatable bonds is 7. The van der Waals surface area contributed by atoms with Crippen molar-refractivity contribution in [2.75, 3.05) is 23.0 Å². The average molecular weight is 350 g/mol. The van der Waals surface area contributed by atoms with Gasteiger partial charge < -0.3 is 4.57 Å². The quantitative estimate of drug-likeness (QED) is 0.554. The van der Waals surface area contributed by atoms with Gasteiger partial charge in [0.1, 0.15) is 5.82 Å². The van der Waals surface area contributed by atoms with Gasteiger partial charge in [-0.05, 0) is 17.6 Å². The third-order valence-electron chi connectivity index (χ3n) is 3.49. The smallest absolute Gasteiger partial charge is 0.190 e. The molecule has 5 nitrogen and oxygen atoms in total. The largest absolute Gasteiger partial charge is 0.309 e. The van der Waals surface area contributed by atoms with Gasteiger partial charge >= 0.3 is 0 Å². The first-order valence-electron chi connectivity index (χ1n) is 7.20. The predicted molar refractivity (Wildman–Crippen MR) is 89.8 cm³/mol. The molecule has 2 rings (SSSR count). The van der Waals surface area contributed by atoms with Crippen molar-refractivity contribution in [1.29, 1.82) is 0 Å². The molecule has 0 radical (unpaired) electrons. The minimum atomic E-state index is -2.81. The second-order valence-electron chi connectivity index (χ2n) is 5.70. The van der Waals surface area contributed by atoms with Crippen LogP contribution >= 0.6 is 23.5 Å². The molecule has 0 aromatic carbocycles. The number of hydrogen-bond donors (Lipinski definition) is 0. The first kappa shape index (κ1) is 17.1. The lowest BCUT2D eigenvalue weighted by atomic mass is 10.1. The van der Waals surface area contributed by atoms with Crippen LogP contribution < -0.4 is 0 Å². The molecular formula is C13H23N3O2S3. The van der Waals surface area contributed by atoms with Crippen molar-refractivity contribution in [2.45, 2.75) is 37.1 Å². The monoisotopic (exact) mass is 349 g/mol. The van der Waals surface area contributed by atoms with Crippen molar-refractivity contribution in [1.82, 2.24) is 14.8 Å². The van der Waals surface area contributed by atoms with E-state index in [0.717, 1.165) is 28.9 Å². The van der Waals surface area contributed by atoms with Crippen LogP contribution in [0.3, 0.4) is 0 Å². The van der Waals surface area contributed by atoms with Gasteiger partial charge in [0.2, 0.25) is 0 Å². The Labute approximate surface area is 135 Å². The van der Waals surface area contributed by atoms with Crippen LogP contribution in [0.1, 0.15) is 26.1 Å². The molecule has 0 spiro atoms. The fourth-order valence-corrected chi connectivity index (χ4v) is 5.99. The predicted octanol–water partition coefficient (Wildman–Crippen LogP) is 2.03. The Balaban J connectivity index is 1.85. The molecule has 1 saturated heterocycles. The molecule has 0 saturated carbocycles. The third-order valence-corrected chi connectivity index (χ3v) is 7.71. The van der Waals surface area contributed by atoms with E-state index >= 15 is 0 Å². The number of thioether (sulfide) groups is 2. The Hall–Kier alpha value is -0.210. The molecule has 120 valence electrons. The van der Waals surface area contributed by atoms with Crippen molar-refractivity contribution in [3.63, 3.8) is 0 Å². The summed E-state index contributed by atoms with van der Waals surface area (Å²) in [4.78, 5) is 0. The number of hydrogen-bond acceptors (Lipinski definition) is 6. The molecule has 0 amide bonds. The lowest BCUT2D eigenvalue weighted by Gasteiger charge is -2.08. The van der Waals surface area contributed by atoms with Crippen LogP contribution in [0.25, 0.3) is 0 Å². The molecule has 1 aromatic heterocycles. The molecule has 1 fully saturated rings. The van der Waals surface area contributed by atoms with Crippen LogP contribution in [-0.2, 0) is 23.3 Å². The summed E-state index contributed by atoms with van der Waals surface area (Å²) in [7, 11) is -0.844. The summed E-state index contributed by atoms with van der Waals surface area (Å²) in [5.74, 6) is 3.85. The Bertz CT molecular complexity index is 569. The van der Waals surface area contributed by atoms with Crippen molar-refractivity contribution in [3.05, 3.63) is 5.82 Å². The van der Waals surface area contributed by atoms with Gasteiger partial charge in [-0.1, -0.05) is 25.6 Å². The highest BCUT2D eigenvalue weighted by Gasteiger charge is 2.29. The van der Waals surface area contributed by atoms with Gasteiger partial charge in [0.25, 0.3) is 0 Å². The van der Waals surface area contributed by atoms with Gasteiger partial charge in [0.15, 0.2) is 15.0 Å². The maximum Gasteiger partial charge on any atom is 0.190 e. The lowest BCUT2D eigenvalue weighted by molar-refractivity contribution is 0.552. The van der Waals surface area contributed by atoms with Gasteiger partial charge in [-0.15, -0.1) is 10.2 Å². The van der Waals surface area contributed by atoms with E-state index in [1.807, 2.05) is 23.4 Å². The summed E-state index contributed by atoms with van der Waals surface area (Å²) >= 11 is 3.66. The highest BCUT2D eigenvalue weighted by atomic mass is 32.2. The van der Waals surface area contributed by atoms with E-state index in [1.165, 1.54) is 0 Å². The maximum absolute atomic E-state index is 11.5. The Morgan fingerprint density at radius 3 is 2.71 bits per heavy atom. The standard InChI is InChI=1S/C13H23N3O2S3/c1-10(2)19-5-6-20-13-15-14-12(16(13)3)8-11-4-7-21(17,18)9-11/h10-11H,4-9H2,1-3H3. The summed E-state index contributed by atoms with van der Waals surface area (Å²) in [6.45, 7) is 4.40. The van der Waals surface area contributed by atoms with E-state index < -0.39 is 9.84 Å². The first-order valence-corrected chi connectivity index (χ1v) is 11.1. The highest BCUT2D eigenvalue weighted by Crippen LogP contribution is 2.24. The normalized spacial score (nSPS) is 21.2. The fraction of sp³-hybridized carbons (Fsp3) is 0.846. The van der Waals surface area contributed by atoms with E-state index in [0.29, 0.717) is 23.2 Å². The number of nitrogens with zero attached hydrogens (tertiary/aromatic N) is 3. The molecule has 21 heavy (non-hydrogen) atoms. The van der Waals surface area contributed by atoms with Crippen LogP contribution in [-0.4, -0.2) is 51.4 Å². The van der Waals surface area contributed by atoms with Crippen molar-refractivity contribution < 1.29 is 8.42 Å². The van der Waals surface area contributed by atoms with Crippen LogP contribution in [0.5, 0.6) is 0 Å². The second kappa shape index (κ2) is 7.37. The van der Waals surface area contributed by atoms with E-state index in [2.05, 4.69) is 24.0 Å². The van der Waals surface area contributed by atoms with Crippen LogP contribution in [0.4, 0.5) is 0 Å². The molecule has 0 bridgehead atoms. The zero-order chi connectivity index (χ0) is 15.5. The van der Waals surface area contributed by atoms with Crippen molar-refractivity contribution in [3.8, 4) is 0 Å². The summed E-state index contributed by atoms with van der Waals surface area (Å²) in [6, 6.07) is 0. The maximum atomic E-state index is 11.5. The Morgan fingerprint density at radius 2 is 2.10 bits per heavy atom. The molecule has 0 N–H and O–H groups in total. The fourth-order valence-electron chi connectivity index (χ4n) is 2.36. The summed E-state index contributed by atoms with van der Waals surface area (Å²) < 4.78 is 25.0. The van der Waals surface area contributed by atoms with Crippen LogP contribution in [0.15, 0.2) is 5.16 Å². The minimum Gasteiger partial charge on any atom is -0.309 e. The Morgan fingerprint density at radius 1 is 1.33 bits per heavy atom. The lowest BCUT2D eigenvalue weighted by Crippen LogP contribution is -2.11. The molecule has 1 aliphatic rings. The van der Waals surface area contributed by atoms with E-state index in [4.69, 9.17) is 0 Å². The summed E-state index contributed by atoms with van der Waals surface area (Å²) in [6.07, 6.45) is 1.47. The summed E-state index contributed by atoms with van der Waals surface area (Å²) in [5, 5.41) is 10.0. The van der Waals surface area contributed by atoms with E-state index in [1.54, 1.807) is 11.8 Å². The van der Waals surface area contributed by atoms with Gasteiger partial charge in [-0.25, -0.2) is 8.42 Å². The van der Waals surface area contributed by atoms with Crippen LogP contribution in [0.2, 0.25) is 0 Å².